The van der Waals surface area contributed by atoms with Gasteiger partial charge in [0, 0.05) is 18.7 Å². The van der Waals surface area contributed by atoms with E-state index in [0.29, 0.717) is 5.82 Å². The third-order valence-corrected chi connectivity index (χ3v) is 11.1. The van der Waals surface area contributed by atoms with Gasteiger partial charge in [-0.05, 0) is 55.8 Å². The summed E-state index contributed by atoms with van der Waals surface area (Å²) < 4.78 is 8.90. The van der Waals surface area contributed by atoms with Crippen LogP contribution in [0.2, 0.25) is 18.1 Å². The number of fused-ring (bicyclic) bond motifs is 3. The molecule has 28 heavy (non-hydrogen) atoms. The number of unbranched alkanes of at least 4 members (excludes halogenated alkanes) is 1. The molecular formula is C22H38N4OSi. The summed E-state index contributed by atoms with van der Waals surface area (Å²) in [4.78, 5) is 9.66. The average molecular weight is 403 g/mol. The molecule has 5 nitrogen and oxygen atoms in total. The number of aromatic nitrogens is 3. The van der Waals surface area contributed by atoms with Crippen molar-refractivity contribution in [2.45, 2.75) is 97.3 Å². The Bertz CT molecular complexity index is 835. The van der Waals surface area contributed by atoms with E-state index in [1.165, 1.54) is 29.6 Å². The SMILES string of the molecule is CCCCc1nc2c(N)nc3c(c2n1CCO[Si](C)(C)C(C)(C)C)CCCC3. The number of nitrogens with two attached hydrogens (primary N) is 1. The molecule has 0 saturated carbocycles. The van der Waals surface area contributed by atoms with Gasteiger partial charge in [-0.1, -0.05) is 34.1 Å². The van der Waals surface area contributed by atoms with Crippen LogP contribution in [-0.4, -0.2) is 29.5 Å². The summed E-state index contributed by atoms with van der Waals surface area (Å²) in [6.07, 6.45) is 7.84. The number of hydrogen-bond acceptors (Lipinski definition) is 4. The summed E-state index contributed by atoms with van der Waals surface area (Å²) in [5.41, 5.74) is 11.0. The second-order valence-corrected chi connectivity index (χ2v) is 14.5. The monoisotopic (exact) mass is 402 g/mol. The molecule has 6 heteroatoms. The minimum atomic E-state index is -1.76. The number of rotatable bonds is 7. The molecule has 2 aromatic rings. The van der Waals surface area contributed by atoms with Crippen molar-refractivity contribution >= 4 is 25.2 Å². The molecule has 0 amide bonds. The highest BCUT2D eigenvalue weighted by Crippen LogP contribution is 2.37. The Morgan fingerprint density at radius 3 is 2.54 bits per heavy atom. The maximum absolute atomic E-state index is 6.49. The Hall–Kier alpha value is -1.40. The molecule has 2 heterocycles. The summed E-state index contributed by atoms with van der Waals surface area (Å²) in [6.45, 7) is 15.3. The normalized spacial score (nSPS) is 15.2. The first-order chi connectivity index (χ1) is 13.2. The van der Waals surface area contributed by atoms with Gasteiger partial charge < -0.3 is 14.7 Å². The van der Waals surface area contributed by atoms with Crippen molar-refractivity contribution in [3.05, 3.63) is 17.1 Å². The van der Waals surface area contributed by atoms with Gasteiger partial charge in [0.05, 0.1) is 12.1 Å². The Balaban J connectivity index is 1.97. The van der Waals surface area contributed by atoms with E-state index in [2.05, 4.69) is 45.4 Å². The topological polar surface area (TPSA) is 66.0 Å². The summed E-state index contributed by atoms with van der Waals surface area (Å²) in [6, 6.07) is 0. The van der Waals surface area contributed by atoms with Crippen LogP contribution in [0.15, 0.2) is 0 Å². The summed E-state index contributed by atoms with van der Waals surface area (Å²) >= 11 is 0. The Morgan fingerprint density at radius 2 is 1.86 bits per heavy atom. The molecule has 0 saturated heterocycles. The van der Waals surface area contributed by atoms with Crippen molar-refractivity contribution in [2.75, 3.05) is 12.3 Å². The number of hydrogen-bond donors (Lipinski definition) is 1. The van der Waals surface area contributed by atoms with Crippen LogP contribution < -0.4 is 5.73 Å². The standard InChI is InChI=1S/C22H38N4OSi/c1-7-8-13-18-25-19-20(16-11-9-10-12-17(16)24-21(19)23)26(18)14-15-27-28(5,6)22(2,3)4/h7-15H2,1-6H3,(H2,23,24). The van der Waals surface area contributed by atoms with Crippen molar-refractivity contribution in [3.8, 4) is 0 Å². The van der Waals surface area contributed by atoms with Crippen molar-refractivity contribution in [1.82, 2.24) is 14.5 Å². The highest BCUT2D eigenvalue weighted by Gasteiger charge is 2.37. The quantitative estimate of drug-likeness (QED) is 0.642. The van der Waals surface area contributed by atoms with E-state index in [1.54, 1.807) is 0 Å². The molecule has 1 aliphatic carbocycles. The number of aryl methyl sites for hydroxylation is 3. The van der Waals surface area contributed by atoms with Crippen LogP contribution in [0.1, 0.15) is 70.5 Å². The van der Waals surface area contributed by atoms with Crippen LogP contribution in [0.4, 0.5) is 5.82 Å². The van der Waals surface area contributed by atoms with Gasteiger partial charge in [0.1, 0.15) is 11.3 Å². The molecule has 0 radical (unpaired) electrons. The molecule has 1 aliphatic rings. The zero-order chi connectivity index (χ0) is 20.5. The minimum Gasteiger partial charge on any atom is -0.415 e. The Labute approximate surface area is 171 Å². The van der Waals surface area contributed by atoms with E-state index in [0.717, 1.165) is 56.6 Å². The van der Waals surface area contributed by atoms with Crippen LogP contribution in [0.25, 0.3) is 11.0 Å². The molecule has 0 aromatic carbocycles. The molecule has 0 aliphatic heterocycles. The second-order valence-electron chi connectivity index (χ2n) is 9.72. The second kappa shape index (κ2) is 8.15. The van der Waals surface area contributed by atoms with Crippen molar-refractivity contribution in [2.24, 2.45) is 0 Å². The van der Waals surface area contributed by atoms with E-state index in [1.807, 2.05) is 0 Å². The van der Waals surface area contributed by atoms with Crippen LogP contribution in [0.3, 0.4) is 0 Å². The fourth-order valence-electron chi connectivity index (χ4n) is 3.83. The first-order valence-electron chi connectivity index (χ1n) is 11.0. The maximum Gasteiger partial charge on any atom is 0.192 e. The van der Waals surface area contributed by atoms with Gasteiger partial charge in [0.25, 0.3) is 0 Å². The van der Waals surface area contributed by atoms with Crippen molar-refractivity contribution in [3.63, 3.8) is 0 Å². The summed E-state index contributed by atoms with van der Waals surface area (Å²) in [7, 11) is -1.76. The zero-order valence-electron chi connectivity index (χ0n) is 18.7. The first kappa shape index (κ1) is 21.3. The molecule has 0 bridgehead atoms. The predicted molar refractivity (Wildman–Crippen MR) is 120 cm³/mol. The average Bonchev–Trinajstić information content (AvgIpc) is 2.98. The molecular weight excluding hydrogens is 364 g/mol. The fourth-order valence-corrected chi connectivity index (χ4v) is 4.86. The van der Waals surface area contributed by atoms with Gasteiger partial charge in [-0.15, -0.1) is 0 Å². The number of pyridine rings is 1. The first-order valence-corrected chi connectivity index (χ1v) is 13.9. The lowest BCUT2D eigenvalue weighted by atomic mass is 9.95. The zero-order valence-corrected chi connectivity index (χ0v) is 19.7. The molecule has 2 N–H and O–H groups in total. The van der Waals surface area contributed by atoms with Gasteiger partial charge in [-0.2, -0.15) is 0 Å². The van der Waals surface area contributed by atoms with E-state index in [9.17, 15) is 0 Å². The van der Waals surface area contributed by atoms with Crippen LogP contribution >= 0.6 is 0 Å². The van der Waals surface area contributed by atoms with Gasteiger partial charge in [-0.3, -0.25) is 0 Å². The number of imidazole rings is 1. The predicted octanol–water partition coefficient (Wildman–Crippen LogP) is 5.26. The van der Waals surface area contributed by atoms with Crippen LogP contribution in [0, 0.1) is 0 Å². The van der Waals surface area contributed by atoms with E-state index < -0.39 is 8.32 Å². The largest absolute Gasteiger partial charge is 0.415 e. The van der Waals surface area contributed by atoms with Crippen LogP contribution in [-0.2, 0) is 30.2 Å². The van der Waals surface area contributed by atoms with Gasteiger partial charge in [0.15, 0.2) is 14.1 Å². The van der Waals surface area contributed by atoms with Crippen molar-refractivity contribution in [1.29, 1.82) is 0 Å². The summed E-state index contributed by atoms with van der Waals surface area (Å²) in [5.74, 6) is 1.74. The highest BCUT2D eigenvalue weighted by molar-refractivity contribution is 6.74. The van der Waals surface area contributed by atoms with Crippen LogP contribution in [0.5, 0.6) is 0 Å². The molecule has 3 rings (SSSR count). The molecule has 156 valence electrons. The molecule has 0 fully saturated rings. The van der Waals surface area contributed by atoms with Gasteiger partial charge in [-0.25, -0.2) is 9.97 Å². The summed E-state index contributed by atoms with van der Waals surface area (Å²) in [5, 5.41) is 0.225. The Morgan fingerprint density at radius 1 is 1.14 bits per heavy atom. The lowest BCUT2D eigenvalue weighted by Gasteiger charge is -2.36. The minimum absolute atomic E-state index is 0.225. The van der Waals surface area contributed by atoms with E-state index in [4.69, 9.17) is 20.1 Å². The van der Waals surface area contributed by atoms with Crippen molar-refractivity contribution < 1.29 is 4.43 Å². The molecule has 2 aromatic heterocycles. The number of nitrogens with zero attached hydrogens (tertiary/aromatic N) is 3. The third-order valence-electron chi connectivity index (χ3n) is 6.61. The third kappa shape index (κ3) is 4.13. The molecule has 0 atom stereocenters. The maximum atomic E-state index is 6.49. The van der Waals surface area contributed by atoms with Gasteiger partial charge >= 0.3 is 0 Å². The van der Waals surface area contributed by atoms with E-state index in [-0.39, 0.29) is 5.04 Å². The Kier molecular flexibility index (Phi) is 6.20. The molecule has 0 unspecified atom stereocenters. The highest BCUT2D eigenvalue weighted by atomic mass is 28.4. The van der Waals surface area contributed by atoms with Gasteiger partial charge in [0.2, 0.25) is 0 Å². The molecule has 0 spiro atoms. The van der Waals surface area contributed by atoms with E-state index >= 15 is 0 Å². The fraction of sp³-hybridized carbons (Fsp3) is 0.727. The lowest BCUT2D eigenvalue weighted by Crippen LogP contribution is -2.41. The number of anilines is 1. The lowest BCUT2D eigenvalue weighted by molar-refractivity contribution is 0.271. The smallest absolute Gasteiger partial charge is 0.192 e. The number of nitrogen functional groups attached to an aromatic ring is 1.